The third kappa shape index (κ3) is 38.1. The highest BCUT2D eigenvalue weighted by molar-refractivity contribution is 6.07. The molecule has 4 saturated carbocycles. The molecule has 4 fully saturated rings. The number of rotatable bonds is 37. The molecule has 10 aromatic carbocycles. The molecule has 0 spiro atoms. The number of nitrogens with one attached hydrogen (secondary N) is 7. The van der Waals surface area contributed by atoms with E-state index in [0.29, 0.717) is 151 Å². The molecule has 8 atom stereocenters. The Morgan fingerprint density at radius 3 is 0.860 bits per heavy atom. The Balaban J connectivity index is 0.000000184. The van der Waals surface area contributed by atoms with Crippen molar-refractivity contribution in [1.82, 2.24) is 0 Å². The van der Waals surface area contributed by atoms with Gasteiger partial charge in [0.15, 0.2) is 0 Å². The van der Waals surface area contributed by atoms with Crippen molar-refractivity contribution >= 4 is 117 Å². The lowest BCUT2D eigenvalue weighted by atomic mass is 10.1. The molecule has 27 nitrogen and oxygen atoms in total. The highest BCUT2D eigenvalue weighted by Crippen LogP contribution is 2.52. The Morgan fingerprint density at radius 2 is 0.580 bits per heavy atom. The quantitative estimate of drug-likeness (QED) is 0.00982. The Hall–Kier alpha value is -14.6. The second-order valence-electron chi connectivity index (χ2n) is 41.0. The Morgan fingerprint density at radius 1 is 0.315 bits per heavy atom. The number of carbonyl (C=O) groups is 12. The average Bonchev–Trinajstić information content (AvgIpc) is 1.66. The number of anilines is 8. The number of hydrogen-bond acceptors (Lipinski definition) is 19. The molecule has 0 heterocycles. The maximum absolute atomic E-state index is 12.9. The minimum absolute atomic E-state index is 0.00248. The van der Waals surface area contributed by atoms with E-state index in [1.807, 2.05) is 208 Å². The van der Waals surface area contributed by atoms with Gasteiger partial charge in [0.05, 0.1) is 41.0 Å². The molecule has 143 heavy (non-hydrogen) atoms. The van der Waals surface area contributed by atoms with Gasteiger partial charge in [-0.05, 0) is 361 Å². The van der Waals surface area contributed by atoms with E-state index in [0.717, 1.165) is 96.4 Å². The molecule has 0 aromatic heterocycles. The summed E-state index contributed by atoms with van der Waals surface area (Å²) in [5.41, 5.74) is 25.6. The molecular weight excluding hydrogens is 1810 g/mol. The van der Waals surface area contributed by atoms with Crippen LogP contribution >= 0.6 is 0 Å². The maximum Gasteiger partial charge on any atom is 0.412 e. The Labute approximate surface area is 838 Å². The molecule has 27 heteroatoms. The van der Waals surface area contributed by atoms with Crippen LogP contribution in [-0.4, -0.2) is 112 Å². The fraction of sp³-hybridized carbons (Fsp3) is 0.379. The lowest BCUT2D eigenvalue weighted by molar-refractivity contribution is -0.156. The van der Waals surface area contributed by atoms with Gasteiger partial charge in [-0.2, -0.15) is 0 Å². The average molecular weight is 1950 g/mol. The zero-order valence-electron chi connectivity index (χ0n) is 84.2. The summed E-state index contributed by atoms with van der Waals surface area (Å²) in [5, 5.41) is 29.0. The van der Waals surface area contributed by atoms with Gasteiger partial charge in [-0.15, -0.1) is 0 Å². The van der Waals surface area contributed by atoms with Crippen LogP contribution in [0.1, 0.15) is 289 Å². The molecule has 8 unspecified atom stereocenters. The summed E-state index contributed by atoms with van der Waals surface area (Å²) < 4.78 is 26.3. The number of carboxylic acids is 1. The molecule has 0 radical (unpaired) electrons. The summed E-state index contributed by atoms with van der Waals surface area (Å²) in [4.78, 5) is 145. The van der Waals surface area contributed by atoms with E-state index in [4.69, 9.17) is 40.3 Å². The van der Waals surface area contributed by atoms with E-state index >= 15 is 0 Å². The third-order valence-corrected chi connectivity index (χ3v) is 24.1. The molecule has 4 aliphatic carbocycles. The van der Waals surface area contributed by atoms with Crippen molar-refractivity contribution in [3.05, 3.63) is 309 Å². The molecule has 0 saturated heterocycles. The number of benzene rings is 10. The van der Waals surface area contributed by atoms with E-state index in [1.165, 1.54) is 29.4 Å². The van der Waals surface area contributed by atoms with Crippen LogP contribution in [0, 0.1) is 17.8 Å². The molecule has 0 aliphatic heterocycles. The van der Waals surface area contributed by atoms with Crippen molar-refractivity contribution < 1.29 is 86.3 Å². The van der Waals surface area contributed by atoms with Gasteiger partial charge in [-0.1, -0.05) is 121 Å². The van der Waals surface area contributed by atoms with E-state index in [1.54, 1.807) is 118 Å². The normalized spacial score (nSPS) is 16.7. The van der Waals surface area contributed by atoms with Crippen LogP contribution < -0.4 is 48.7 Å². The predicted octanol–water partition coefficient (Wildman–Crippen LogP) is 22.8. The summed E-state index contributed by atoms with van der Waals surface area (Å²) in [6.45, 7) is 22.2. The topological polar surface area (TPSA) is 407 Å². The number of hydrogen-bond donors (Lipinski definition) is 10. The van der Waals surface area contributed by atoms with Gasteiger partial charge >= 0.3 is 35.9 Å². The number of ether oxygens (including phenoxy) is 5. The molecule has 754 valence electrons. The van der Waals surface area contributed by atoms with E-state index in [9.17, 15) is 57.5 Å². The lowest BCUT2D eigenvalue weighted by Crippen LogP contribution is -2.27. The van der Waals surface area contributed by atoms with Gasteiger partial charge in [-0.3, -0.25) is 48.5 Å². The number of amides is 7. The first-order valence-corrected chi connectivity index (χ1v) is 49.1. The minimum atomic E-state index is -0.942. The number of aryl methyl sites for hydroxylation is 4. The SMILES string of the molecule is CC(C)(C)OC(=O)CC1CC1c1ccc(NC(=O)CCCc2ccc(C(=O)Nc3ccccc3NC(=O)OC(C)(C)C)cc2)cc1.CC(C)(C)OC(=O)CC1CC1c1ccc(NC(=O)CCCc2ccc(C(=O)O)cc2)cc1.COC(=O)c1ccc(CCCC(=O)Nc2ccc(C3CC3CC(=O)OC(C)(C)C)cc2)cc1.Nc1ccccc1NC(=O)c1ccc(CCCC(=O)Nc2ccc(C3CC3N)cc2)cc1. The van der Waals surface area contributed by atoms with E-state index < -0.39 is 34.5 Å². The maximum atomic E-state index is 12.9. The van der Waals surface area contributed by atoms with Crippen LogP contribution in [0.15, 0.2) is 243 Å². The van der Waals surface area contributed by atoms with Crippen LogP contribution in [0.5, 0.6) is 0 Å². The molecule has 10 aromatic rings. The standard InChI is InChI=1S/C37H45N3O6.C27H33NO5.C26H28N4O2.C26H31NO5/c1-36(2,3)45-33(42)23-27-22-29(27)25-18-20-28(21-19-25)38-32(41)13-9-10-24-14-16-26(17-15-24)34(43)39-30-11-7-8-12-31(30)40-35(44)46-37(4,5)6;1-27(2,3)33-25(30)17-21-16-23(21)19-12-14-22(15-13-19)28-24(29)7-5-6-18-8-10-20(11-9-18)26(31)32-4;27-22-5-1-2-6-24(22)30-26(32)19-10-8-17(9-11-19)4-3-7-25(31)29-20-14-12-18(13-15-20)21-16-23(21)28;1-26(2,3)32-24(29)16-20-15-22(20)18-11-13-21(14-12-18)27-23(28)6-4-5-17-7-9-19(10-8-17)25(30)31/h7-8,11-12,14-21,27,29H,9-10,13,22-23H2,1-6H3,(H,38,41)(H,39,43)(H,40,44);8-15,21,23H,5-7,16-17H2,1-4H3,(H,28,29);1-2,5-6,8-15,21,23H,3-4,7,16,27-28H2,(H,29,31)(H,30,32);7-14,20,22H,4-6,15-16H2,1-3H3,(H,27,28)(H,30,31). The summed E-state index contributed by atoms with van der Waals surface area (Å²) in [6, 6.07) is 74.5. The number of para-hydroxylation sites is 4. The molecule has 12 N–H and O–H groups in total. The first kappa shape index (κ1) is 109. The van der Waals surface area contributed by atoms with E-state index in [2.05, 4.69) is 37.2 Å². The van der Waals surface area contributed by atoms with Crippen molar-refractivity contribution in [3.8, 4) is 0 Å². The summed E-state index contributed by atoms with van der Waals surface area (Å²) in [5.74, 6) is 0.163. The highest BCUT2D eigenvalue weighted by atomic mass is 16.6. The van der Waals surface area contributed by atoms with Crippen molar-refractivity contribution in [1.29, 1.82) is 0 Å². The first-order chi connectivity index (χ1) is 67.9. The molecular formula is C116H137N9O18. The smallest absolute Gasteiger partial charge is 0.412 e. The van der Waals surface area contributed by atoms with Crippen molar-refractivity contribution in [3.63, 3.8) is 0 Å². The highest BCUT2D eigenvalue weighted by Gasteiger charge is 2.43. The number of aromatic carboxylic acids is 1. The number of carboxylic acid groups (broad SMARTS) is 1. The zero-order valence-corrected chi connectivity index (χ0v) is 84.2. The van der Waals surface area contributed by atoms with Crippen molar-refractivity contribution in [2.45, 2.75) is 257 Å². The van der Waals surface area contributed by atoms with E-state index in [-0.39, 0.29) is 70.9 Å². The molecule has 0 bridgehead atoms. The second kappa shape index (κ2) is 50.7. The molecule has 4 aliphatic rings. The van der Waals surface area contributed by atoms with Crippen LogP contribution in [0.3, 0.4) is 0 Å². The van der Waals surface area contributed by atoms with Crippen LogP contribution in [-0.2, 0) is 82.9 Å². The Bertz CT molecular complexity index is 6020. The Kier molecular flexibility index (Phi) is 38.6. The van der Waals surface area contributed by atoms with Gasteiger partial charge in [0.2, 0.25) is 23.6 Å². The molecule has 7 amide bonds. The van der Waals surface area contributed by atoms with Gasteiger partial charge in [0.1, 0.15) is 22.4 Å². The summed E-state index contributed by atoms with van der Waals surface area (Å²) >= 11 is 0. The summed E-state index contributed by atoms with van der Waals surface area (Å²) in [7, 11) is 1.36. The fourth-order valence-electron chi connectivity index (χ4n) is 16.5. The van der Waals surface area contributed by atoms with Crippen LogP contribution in [0.25, 0.3) is 0 Å². The number of esters is 4. The van der Waals surface area contributed by atoms with Gasteiger partial charge < -0.3 is 72.2 Å². The molecule has 14 rings (SSSR count). The number of nitrogen functional groups attached to an aromatic ring is 1. The minimum Gasteiger partial charge on any atom is -0.478 e. The number of carbonyl (C=O) groups excluding carboxylic acids is 11. The number of methoxy groups -OCH3 is 1. The van der Waals surface area contributed by atoms with Gasteiger partial charge in [-0.25, -0.2) is 14.4 Å². The monoisotopic (exact) mass is 1940 g/mol. The largest absolute Gasteiger partial charge is 0.478 e. The lowest BCUT2D eigenvalue weighted by Gasteiger charge is -2.20. The van der Waals surface area contributed by atoms with Crippen LogP contribution in [0.2, 0.25) is 0 Å². The number of nitrogens with two attached hydrogens (primary N) is 2. The van der Waals surface area contributed by atoms with Crippen LogP contribution in [0.4, 0.5) is 50.3 Å². The summed E-state index contributed by atoms with van der Waals surface area (Å²) in [6.07, 6.45) is 12.0. The fourth-order valence-corrected chi connectivity index (χ4v) is 16.5. The zero-order chi connectivity index (χ0) is 103. The third-order valence-electron chi connectivity index (χ3n) is 24.1. The first-order valence-electron chi connectivity index (χ1n) is 49.1. The second-order valence-corrected chi connectivity index (χ2v) is 41.0. The van der Waals surface area contributed by atoms with Crippen molar-refractivity contribution in [2.75, 3.05) is 50.1 Å². The predicted molar refractivity (Wildman–Crippen MR) is 558 cm³/mol. The van der Waals surface area contributed by atoms with Gasteiger partial charge in [0, 0.05) is 90.8 Å². The van der Waals surface area contributed by atoms with Crippen molar-refractivity contribution in [2.24, 2.45) is 23.5 Å². The van der Waals surface area contributed by atoms with Gasteiger partial charge in [0.25, 0.3) is 11.8 Å².